The molecule has 1 aromatic heterocycles. The van der Waals surface area contributed by atoms with Crippen molar-refractivity contribution in [2.75, 3.05) is 13.7 Å². The Balaban J connectivity index is 2.62. The van der Waals surface area contributed by atoms with Gasteiger partial charge in [0.2, 0.25) is 0 Å². The number of hydrogen-bond acceptors (Lipinski definition) is 3. The predicted molar refractivity (Wildman–Crippen MR) is 72.7 cm³/mol. The van der Waals surface area contributed by atoms with Crippen LogP contribution >= 0.6 is 0 Å². The summed E-state index contributed by atoms with van der Waals surface area (Å²) in [7, 11) is 3.64. The van der Waals surface area contributed by atoms with Gasteiger partial charge >= 0.3 is 0 Å². The molecule has 1 aromatic carbocycles. The average Bonchev–Trinajstić information content (AvgIpc) is 2.65. The van der Waals surface area contributed by atoms with Gasteiger partial charge in [-0.1, -0.05) is 12.1 Å². The SMILES string of the molecule is COc1ccccc1-c1c(CCN)c(C)nn1C. The largest absolute Gasteiger partial charge is 0.496 e. The number of rotatable bonds is 4. The molecule has 18 heavy (non-hydrogen) atoms. The normalized spacial score (nSPS) is 10.7. The van der Waals surface area contributed by atoms with Crippen LogP contribution in [0.3, 0.4) is 0 Å². The molecule has 1 heterocycles. The minimum absolute atomic E-state index is 0.620. The van der Waals surface area contributed by atoms with E-state index >= 15 is 0 Å². The first-order valence-corrected chi connectivity index (χ1v) is 6.05. The first-order valence-electron chi connectivity index (χ1n) is 6.05. The molecule has 96 valence electrons. The van der Waals surface area contributed by atoms with Gasteiger partial charge in [0, 0.05) is 18.2 Å². The van der Waals surface area contributed by atoms with E-state index in [2.05, 4.69) is 11.2 Å². The van der Waals surface area contributed by atoms with Crippen LogP contribution in [0, 0.1) is 6.92 Å². The molecule has 0 aliphatic rings. The first-order chi connectivity index (χ1) is 8.69. The van der Waals surface area contributed by atoms with Gasteiger partial charge in [-0.25, -0.2) is 0 Å². The highest BCUT2D eigenvalue weighted by Crippen LogP contribution is 2.33. The average molecular weight is 245 g/mol. The molecule has 2 rings (SSSR count). The Morgan fingerprint density at radius 1 is 1.33 bits per heavy atom. The van der Waals surface area contributed by atoms with Crippen molar-refractivity contribution in [3.8, 4) is 17.0 Å². The van der Waals surface area contributed by atoms with Crippen LogP contribution in [0.1, 0.15) is 11.3 Å². The Morgan fingerprint density at radius 2 is 2.06 bits per heavy atom. The Bertz CT molecular complexity index is 546. The molecule has 0 saturated carbocycles. The number of para-hydroxylation sites is 1. The fraction of sp³-hybridized carbons (Fsp3) is 0.357. The highest BCUT2D eigenvalue weighted by atomic mass is 16.5. The summed E-state index contributed by atoms with van der Waals surface area (Å²) < 4.78 is 7.33. The lowest BCUT2D eigenvalue weighted by Gasteiger charge is -2.10. The van der Waals surface area contributed by atoms with E-state index in [1.807, 2.05) is 36.9 Å². The van der Waals surface area contributed by atoms with Crippen LogP contribution in [0.4, 0.5) is 0 Å². The van der Waals surface area contributed by atoms with Gasteiger partial charge in [0.1, 0.15) is 5.75 Å². The van der Waals surface area contributed by atoms with Gasteiger partial charge in [-0.3, -0.25) is 4.68 Å². The lowest BCUT2D eigenvalue weighted by atomic mass is 10.0. The maximum Gasteiger partial charge on any atom is 0.128 e. The number of benzene rings is 1. The van der Waals surface area contributed by atoms with E-state index in [0.29, 0.717) is 6.54 Å². The number of nitrogens with zero attached hydrogens (tertiary/aromatic N) is 2. The number of hydrogen-bond donors (Lipinski definition) is 1. The summed E-state index contributed by atoms with van der Waals surface area (Å²) in [6.45, 7) is 2.64. The summed E-state index contributed by atoms with van der Waals surface area (Å²) in [6, 6.07) is 7.99. The zero-order chi connectivity index (χ0) is 13.1. The fourth-order valence-corrected chi connectivity index (χ4v) is 2.32. The predicted octanol–water partition coefficient (Wildman–Crippen LogP) is 1.91. The summed E-state index contributed by atoms with van der Waals surface area (Å²) in [5.41, 5.74) is 10.1. The van der Waals surface area contributed by atoms with Gasteiger partial charge in [-0.05, 0) is 32.0 Å². The molecule has 0 fully saturated rings. The minimum Gasteiger partial charge on any atom is -0.496 e. The molecular weight excluding hydrogens is 226 g/mol. The highest BCUT2D eigenvalue weighted by Gasteiger charge is 2.17. The third-order valence-corrected chi connectivity index (χ3v) is 3.10. The number of ether oxygens (including phenoxy) is 1. The maximum atomic E-state index is 5.69. The van der Waals surface area contributed by atoms with E-state index < -0.39 is 0 Å². The van der Waals surface area contributed by atoms with Crippen LogP contribution in [0.2, 0.25) is 0 Å². The van der Waals surface area contributed by atoms with E-state index in [1.54, 1.807) is 7.11 Å². The van der Waals surface area contributed by atoms with Gasteiger partial charge in [-0.15, -0.1) is 0 Å². The van der Waals surface area contributed by atoms with Crippen molar-refractivity contribution in [1.29, 1.82) is 0 Å². The van der Waals surface area contributed by atoms with Crippen LogP contribution < -0.4 is 10.5 Å². The van der Waals surface area contributed by atoms with Crippen molar-refractivity contribution in [2.24, 2.45) is 12.8 Å². The van der Waals surface area contributed by atoms with Crippen molar-refractivity contribution in [3.63, 3.8) is 0 Å². The molecule has 0 unspecified atom stereocenters. The number of aryl methyl sites for hydroxylation is 2. The van der Waals surface area contributed by atoms with E-state index in [1.165, 1.54) is 5.56 Å². The second-order valence-corrected chi connectivity index (χ2v) is 4.28. The van der Waals surface area contributed by atoms with Crippen LogP contribution in [-0.4, -0.2) is 23.4 Å². The number of nitrogens with two attached hydrogens (primary N) is 1. The van der Waals surface area contributed by atoms with Gasteiger partial charge in [0.05, 0.1) is 18.5 Å². The van der Waals surface area contributed by atoms with E-state index in [4.69, 9.17) is 10.5 Å². The van der Waals surface area contributed by atoms with Crippen molar-refractivity contribution < 1.29 is 4.74 Å². The molecule has 0 saturated heterocycles. The van der Waals surface area contributed by atoms with Crippen LogP contribution in [0.25, 0.3) is 11.3 Å². The molecular formula is C14H19N3O. The first kappa shape index (κ1) is 12.6. The van der Waals surface area contributed by atoms with Crippen molar-refractivity contribution in [3.05, 3.63) is 35.5 Å². The lowest BCUT2D eigenvalue weighted by molar-refractivity contribution is 0.416. The van der Waals surface area contributed by atoms with Crippen molar-refractivity contribution in [2.45, 2.75) is 13.3 Å². The third-order valence-electron chi connectivity index (χ3n) is 3.10. The van der Waals surface area contributed by atoms with Gasteiger partial charge in [0.15, 0.2) is 0 Å². The zero-order valence-electron chi connectivity index (χ0n) is 11.1. The van der Waals surface area contributed by atoms with Crippen LogP contribution in [0.15, 0.2) is 24.3 Å². The second-order valence-electron chi connectivity index (χ2n) is 4.28. The number of methoxy groups -OCH3 is 1. The van der Waals surface area contributed by atoms with E-state index in [-0.39, 0.29) is 0 Å². The minimum atomic E-state index is 0.620. The number of aromatic nitrogens is 2. The monoisotopic (exact) mass is 245 g/mol. The summed E-state index contributed by atoms with van der Waals surface area (Å²) >= 11 is 0. The standard InChI is InChI=1S/C14H19N3O/c1-10-11(8-9-15)14(17(2)16-10)12-6-4-5-7-13(12)18-3/h4-7H,8-9,15H2,1-3H3. The third kappa shape index (κ3) is 2.11. The Kier molecular flexibility index (Phi) is 3.67. The summed E-state index contributed by atoms with van der Waals surface area (Å²) in [4.78, 5) is 0. The molecule has 0 radical (unpaired) electrons. The topological polar surface area (TPSA) is 53.1 Å². The Morgan fingerprint density at radius 3 is 2.72 bits per heavy atom. The molecule has 0 atom stereocenters. The molecule has 0 amide bonds. The van der Waals surface area contributed by atoms with Crippen LogP contribution in [-0.2, 0) is 13.5 Å². The Hall–Kier alpha value is -1.81. The molecule has 4 nitrogen and oxygen atoms in total. The molecule has 2 N–H and O–H groups in total. The van der Waals surface area contributed by atoms with Gasteiger partial charge in [0.25, 0.3) is 0 Å². The molecule has 0 aliphatic heterocycles. The van der Waals surface area contributed by atoms with Gasteiger partial charge < -0.3 is 10.5 Å². The zero-order valence-corrected chi connectivity index (χ0v) is 11.1. The molecule has 2 aromatic rings. The van der Waals surface area contributed by atoms with E-state index in [0.717, 1.165) is 29.1 Å². The molecule has 0 spiro atoms. The highest BCUT2D eigenvalue weighted by molar-refractivity contribution is 5.71. The summed E-state index contributed by atoms with van der Waals surface area (Å²) in [6.07, 6.45) is 0.826. The quantitative estimate of drug-likeness (QED) is 0.895. The maximum absolute atomic E-state index is 5.69. The summed E-state index contributed by atoms with van der Waals surface area (Å²) in [5, 5.41) is 4.49. The van der Waals surface area contributed by atoms with Crippen molar-refractivity contribution >= 4 is 0 Å². The summed E-state index contributed by atoms with van der Waals surface area (Å²) in [5.74, 6) is 0.860. The Labute approximate surface area is 107 Å². The smallest absolute Gasteiger partial charge is 0.128 e. The second kappa shape index (κ2) is 5.23. The molecule has 0 aliphatic carbocycles. The lowest BCUT2D eigenvalue weighted by Crippen LogP contribution is -2.05. The molecule has 4 heteroatoms. The van der Waals surface area contributed by atoms with Crippen molar-refractivity contribution in [1.82, 2.24) is 9.78 Å². The molecule has 0 bridgehead atoms. The van der Waals surface area contributed by atoms with Crippen LogP contribution in [0.5, 0.6) is 5.75 Å². The van der Waals surface area contributed by atoms with E-state index in [9.17, 15) is 0 Å². The van der Waals surface area contributed by atoms with Gasteiger partial charge in [-0.2, -0.15) is 5.10 Å². The fourth-order valence-electron chi connectivity index (χ4n) is 2.32.